The Morgan fingerprint density at radius 1 is 1.03 bits per heavy atom. The van der Waals surface area contributed by atoms with Gasteiger partial charge in [-0.3, -0.25) is 9.69 Å². The number of anilines is 1. The van der Waals surface area contributed by atoms with Gasteiger partial charge >= 0.3 is 12.0 Å². The first-order chi connectivity index (χ1) is 16.1. The van der Waals surface area contributed by atoms with Crippen molar-refractivity contribution in [1.82, 2.24) is 10.2 Å². The highest BCUT2D eigenvalue weighted by Crippen LogP contribution is 2.36. The average Bonchev–Trinajstić information content (AvgIpc) is 2.78. The molecule has 1 aliphatic rings. The number of nitrogens with zero attached hydrogens (tertiary/aromatic N) is 1. The van der Waals surface area contributed by atoms with Gasteiger partial charge < -0.3 is 15.4 Å². The summed E-state index contributed by atoms with van der Waals surface area (Å²) in [4.78, 5) is 40.1. The van der Waals surface area contributed by atoms with E-state index >= 15 is 0 Å². The molecule has 0 spiro atoms. The van der Waals surface area contributed by atoms with Crippen LogP contribution in [0.25, 0.3) is 5.70 Å². The number of carbonyl (C=O) groups excluding carboxylic acids is 3. The lowest BCUT2D eigenvalue weighted by Gasteiger charge is -2.36. The highest BCUT2D eigenvalue weighted by molar-refractivity contribution is 6.04. The van der Waals surface area contributed by atoms with Crippen LogP contribution in [-0.4, -0.2) is 36.0 Å². The predicted octanol–water partition coefficient (Wildman–Crippen LogP) is 5.12. The minimum atomic E-state index is -0.691. The van der Waals surface area contributed by atoms with Gasteiger partial charge in [-0.15, -0.1) is 0 Å². The highest BCUT2D eigenvalue weighted by Gasteiger charge is 2.38. The standard InChI is InChI=1S/C27H33N3O4/c1-6-30-24(19-11-9-8-10-12-19)22(25(32)34-7-2)23(29-26(30)33)18-13-15-20(16-14-18)28-21(31)17-27(3,4)5/h8-16,23H,6-7,17H2,1-5H3,(H,28,31)(H,29,33). The Hall–Kier alpha value is -3.61. The summed E-state index contributed by atoms with van der Waals surface area (Å²) in [5.74, 6) is -0.546. The molecule has 0 aliphatic carbocycles. The number of amides is 3. The van der Waals surface area contributed by atoms with Crippen molar-refractivity contribution in [2.24, 2.45) is 5.41 Å². The summed E-state index contributed by atoms with van der Waals surface area (Å²) in [6.07, 6.45) is 0.399. The van der Waals surface area contributed by atoms with E-state index in [9.17, 15) is 14.4 Å². The quantitative estimate of drug-likeness (QED) is 0.558. The molecular formula is C27H33N3O4. The molecule has 1 unspecified atom stereocenters. The molecule has 1 aliphatic heterocycles. The number of hydrogen-bond acceptors (Lipinski definition) is 4. The molecule has 1 heterocycles. The van der Waals surface area contributed by atoms with Gasteiger partial charge in [0, 0.05) is 18.7 Å². The first-order valence-electron chi connectivity index (χ1n) is 11.6. The third-order valence-electron chi connectivity index (χ3n) is 5.40. The number of carbonyl (C=O) groups is 3. The van der Waals surface area contributed by atoms with E-state index < -0.39 is 12.0 Å². The first-order valence-corrected chi connectivity index (χ1v) is 11.6. The first kappa shape index (κ1) is 25.0. The van der Waals surface area contributed by atoms with Crippen LogP contribution in [-0.2, 0) is 14.3 Å². The highest BCUT2D eigenvalue weighted by atomic mass is 16.5. The van der Waals surface area contributed by atoms with Crippen molar-refractivity contribution in [2.75, 3.05) is 18.5 Å². The van der Waals surface area contributed by atoms with Gasteiger partial charge in [0.1, 0.15) is 0 Å². The summed E-state index contributed by atoms with van der Waals surface area (Å²) in [6, 6.07) is 15.6. The Labute approximate surface area is 201 Å². The number of nitrogens with one attached hydrogen (secondary N) is 2. The molecule has 180 valence electrons. The third-order valence-corrected chi connectivity index (χ3v) is 5.40. The average molecular weight is 464 g/mol. The van der Waals surface area contributed by atoms with Crippen molar-refractivity contribution in [3.63, 3.8) is 0 Å². The van der Waals surface area contributed by atoms with Crippen LogP contribution in [0.2, 0.25) is 0 Å². The molecule has 0 saturated carbocycles. The fourth-order valence-corrected chi connectivity index (χ4v) is 3.99. The van der Waals surface area contributed by atoms with E-state index in [0.717, 1.165) is 11.1 Å². The van der Waals surface area contributed by atoms with Gasteiger partial charge in [0.25, 0.3) is 0 Å². The summed E-state index contributed by atoms with van der Waals surface area (Å²) in [5, 5.41) is 5.86. The van der Waals surface area contributed by atoms with Gasteiger partial charge in [0.15, 0.2) is 0 Å². The van der Waals surface area contributed by atoms with Crippen LogP contribution in [0, 0.1) is 5.41 Å². The molecule has 7 heteroatoms. The zero-order valence-electron chi connectivity index (χ0n) is 20.5. The van der Waals surface area contributed by atoms with E-state index in [1.807, 2.05) is 58.0 Å². The Morgan fingerprint density at radius 2 is 1.68 bits per heavy atom. The lowest BCUT2D eigenvalue weighted by atomic mass is 9.91. The molecule has 2 aromatic rings. The van der Waals surface area contributed by atoms with Crippen LogP contribution in [0.3, 0.4) is 0 Å². The van der Waals surface area contributed by atoms with Gasteiger partial charge in [-0.25, -0.2) is 9.59 Å². The van der Waals surface area contributed by atoms with Gasteiger partial charge in [0.05, 0.1) is 23.9 Å². The second-order valence-corrected chi connectivity index (χ2v) is 9.38. The number of benzene rings is 2. The molecule has 0 saturated heterocycles. The van der Waals surface area contributed by atoms with Crippen LogP contribution >= 0.6 is 0 Å². The fraction of sp³-hybridized carbons (Fsp3) is 0.370. The minimum Gasteiger partial charge on any atom is -0.463 e. The molecule has 0 fully saturated rings. The maximum atomic E-state index is 13.2. The Kier molecular flexibility index (Phi) is 7.76. The fourth-order valence-electron chi connectivity index (χ4n) is 3.99. The molecule has 3 amide bonds. The van der Waals surface area contributed by atoms with Gasteiger partial charge in [-0.05, 0) is 42.5 Å². The van der Waals surface area contributed by atoms with Crippen molar-refractivity contribution in [3.05, 3.63) is 71.3 Å². The number of esters is 1. The van der Waals surface area contributed by atoms with E-state index in [1.165, 1.54) is 0 Å². The van der Waals surface area contributed by atoms with Crippen molar-refractivity contribution in [3.8, 4) is 0 Å². The van der Waals surface area contributed by atoms with Crippen molar-refractivity contribution in [2.45, 2.75) is 47.1 Å². The van der Waals surface area contributed by atoms with E-state index in [4.69, 9.17) is 4.74 Å². The SMILES string of the molecule is CCOC(=O)C1=C(c2ccccc2)N(CC)C(=O)NC1c1ccc(NC(=O)CC(C)(C)C)cc1. The van der Waals surface area contributed by atoms with E-state index in [1.54, 1.807) is 36.1 Å². The molecule has 3 rings (SSSR count). The van der Waals surface area contributed by atoms with E-state index in [-0.39, 0.29) is 24.0 Å². The Morgan fingerprint density at radius 3 is 2.24 bits per heavy atom. The lowest BCUT2D eigenvalue weighted by Crippen LogP contribution is -2.47. The summed E-state index contributed by atoms with van der Waals surface area (Å²) in [7, 11) is 0. The van der Waals surface area contributed by atoms with E-state index in [0.29, 0.717) is 29.9 Å². The third kappa shape index (κ3) is 5.84. The van der Waals surface area contributed by atoms with E-state index in [2.05, 4.69) is 10.6 Å². The molecule has 1 atom stereocenters. The van der Waals surface area contributed by atoms with Gasteiger partial charge in [-0.1, -0.05) is 63.2 Å². The van der Waals surface area contributed by atoms with Crippen LogP contribution in [0.5, 0.6) is 0 Å². The molecule has 0 bridgehead atoms. The lowest BCUT2D eigenvalue weighted by molar-refractivity contribution is -0.139. The van der Waals surface area contributed by atoms with Crippen molar-refractivity contribution >= 4 is 29.3 Å². The zero-order chi connectivity index (χ0) is 24.9. The van der Waals surface area contributed by atoms with Gasteiger partial charge in [-0.2, -0.15) is 0 Å². The molecule has 34 heavy (non-hydrogen) atoms. The number of hydrogen-bond donors (Lipinski definition) is 2. The number of ether oxygens (including phenoxy) is 1. The predicted molar refractivity (Wildman–Crippen MR) is 133 cm³/mol. The van der Waals surface area contributed by atoms with Crippen molar-refractivity contribution in [1.29, 1.82) is 0 Å². The normalized spacial score (nSPS) is 16.2. The van der Waals surface area contributed by atoms with Gasteiger partial charge in [0.2, 0.25) is 5.91 Å². The number of urea groups is 1. The maximum Gasteiger partial charge on any atom is 0.338 e. The summed E-state index contributed by atoms with van der Waals surface area (Å²) < 4.78 is 5.40. The topological polar surface area (TPSA) is 87.7 Å². The van der Waals surface area contributed by atoms with Crippen LogP contribution in [0.15, 0.2) is 60.2 Å². The smallest absolute Gasteiger partial charge is 0.338 e. The molecular weight excluding hydrogens is 430 g/mol. The summed E-state index contributed by atoms with van der Waals surface area (Å²) >= 11 is 0. The monoisotopic (exact) mass is 463 g/mol. The van der Waals surface area contributed by atoms with Crippen LogP contribution in [0.4, 0.5) is 10.5 Å². The molecule has 2 aromatic carbocycles. The molecule has 2 N–H and O–H groups in total. The Bertz CT molecular complexity index is 1070. The maximum absolute atomic E-state index is 13.2. The summed E-state index contributed by atoms with van der Waals surface area (Å²) in [5.41, 5.74) is 2.93. The second kappa shape index (κ2) is 10.5. The van der Waals surface area contributed by atoms with Crippen LogP contribution < -0.4 is 10.6 Å². The minimum absolute atomic E-state index is 0.0664. The molecule has 0 radical (unpaired) electrons. The Balaban J connectivity index is 2.02. The van der Waals surface area contributed by atoms with Crippen molar-refractivity contribution < 1.29 is 19.1 Å². The molecule has 0 aromatic heterocycles. The molecule has 7 nitrogen and oxygen atoms in total. The zero-order valence-corrected chi connectivity index (χ0v) is 20.5. The largest absolute Gasteiger partial charge is 0.463 e. The second-order valence-electron chi connectivity index (χ2n) is 9.38. The van der Waals surface area contributed by atoms with Crippen LogP contribution in [0.1, 0.15) is 58.2 Å². The summed E-state index contributed by atoms with van der Waals surface area (Å²) in [6.45, 7) is 10.3. The number of rotatable bonds is 7.